The summed E-state index contributed by atoms with van der Waals surface area (Å²) in [5.74, 6) is -0.613. The van der Waals surface area contributed by atoms with Crippen LogP contribution >= 0.6 is 15.9 Å². The standard InChI is InChI=1S/C18H20BrN5O3/c19-13-3-1-11(2-4-13)15-9-24-14(10-27-15)16(21-22-24)18(26)23-7-5-12(6-8-23)17(20)25/h1-4,12,15H,5-10H2,(H2,20,25)/t15-/m1/s1. The lowest BCUT2D eigenvalue weighted by Crippen LogP contribution is -2.42. The quantitative estimate of drug-likeness (QED) is 0.792. The fourth-order valence-electron chi connectivity index (χ4n) is 3.57. The molecule has 1 fully saturated rings. The SMILES string of the molecule is NC(=O)C1CCN(C(=O)c2nnn3c2CO[C@@H](c2ccc(Br)cc2)C3)CC1. The smallest absolute Gasteiger partial charge is 0.276 e. The molecule has 0 saturated carbocycles. The Hall–Kier alpha value is -2.26. The summed E-state index contributed by atoms with van der Waals surface area (Å²) >= 11 is 3.43. The van der Waals surface area contributed by atoms with Crippen molar-refractivity contribution in [2.24, 2.45) is 11.7 Å². The van der Waals surface area contributed by atoms with Gasteiger partial charge in [0.1, 0.15) is 6.10 Å². The number of ether oxygens (including phenoxy) is 1. The maximum absolute atomic E-state index is 12.8. The Bertz CT molecular complexity index is 858. The second-order valence-electron chi connectivity index (χ2n) is 6.89. The van der Waals surface area contributed by atoms with Gasteiger partial charge < -0.3 is 15.4 Å². The molecule has 9 heteroatoms. The Morgan fingerprint density at radius 1 is 1.19 bits per heavy atom. The van der Waals surface area contributed by atoms with E-state index in [2.05, 4.69) is 26.2 Å². The van der Waals surface area contributed by atoms with Crippen molar-refractivity contribution in [2.75, 3.05) is 13.1 Å². The molecule has 0 unspecified atom stereocenters. The highest BCUT2D eigenvalue weighted by Crippen LogP contribution is 2.28. The summed E-state index contributed by atoms with van der Waals surface area (Å²) in [4.78, 5) is 25.8. The van der Waals surface area contributed by atoms with E-state index in [4.69, 9.17) is 10.5 Å². The van der Waals surface area contributed by atoms with Crippen molar-refractivity contribution >= 4 is 27.7 Å². The van der Waals surface area contributed by atoms with Crippen molar-refractivity contribution in [3.8, 4) is 0 Å². The van der Waals surface area contributed by atoms with Gasteiger partial charge in [0.15, 0.2) is 5.69 Å². The van der Waals surface area contributed by atoms with Gasteiger partial charge in [0.2, 0.25) is 5.91 Å². The fourth-order valence-corrected chi connectivity index (χ4v) is 3.84. The minimum Gasteiger partial charge on any atom is -0.369 e. The van der Waals surface area contributed by atoms with E-state index in [1.165, 1.54) is 0 Å². The number of nitrogens with zero attached hydrogens (tertiary/aromatic N) is 4. The predicted molar refractivity (Wildman–Crippen MR) is 99.5 cm³/mol. The van der Waals surface area contributed by atoms with Crippen molar-refractivity contribution < 1.29 is 14.3 Å². The average molecular weight is 434 g/mol. The molecule has 1 saturated heterocycles. The molecule has 2 N–H and O–H groups in total. The number of fused-ring (bicyclic) bond motifs is 1. The Kier molecular flexibility index (Phi) is 4.96. The summed E-state index contributed by atoms with van der Waals surface area (Å²) in [5, 5.41) is 8.28. The summed E-state index contributed by atoms with van der Waals surface area (Å²) in [6.07, 6.45) is 1.06. The van der Waals surface area contributed by atoms with Crippen LogP contribution in [0, 0.1) is 5.92 Å². The minimum atomic E-state index is -0.296. The molecule has 1 atom stereocenters. The van der Waals surface area contributed by atoms with Gasteiger partial charge in [0.05, 0.1) is 18.8 Å². The summed E-state index contributed by atoms with van der Waals surface area (Å²) < 4.78 is 8.73. The lowest BCUT2D eigenvalue weighted by atomic mass is 9.96. The first-order valence-electron chi connectivity index (χ1n) is 8.91. The number of carbonyl (C=O) groups excluding carboxylic acids is 2. The van der Waals surface area contributed by atoms with E-state index in [1.54, 1.807) is 9.58 Å². The highest BCUT2D eigenvalue weighted by atomic mass is 79.9. The highest BCUT2D eigenvalue weighted by molar-refractivity contribution is 9.10. The van der Waals surface area contributed by atoms with E-state index in [9.17, 15) is 9.59 Å². The van der Waals surface area contributed by atoms with E-state index in [0.717, 1.165) is 10.0 Å². The number of nitrogens with two attached hydrogens (primary N) is 1. The van der Waals surface area contributed by atoms with E-state index in [0.29, 0.717) is 43.9 Å². The zero-order valence-corrected chi connectivity index (χ0v) is 16.3. The molecule has 2 amide bonds. The number of amides is 2. The van der Waals surface area contributed by atoms with E-state index in [1.807, 2.05) is 24.3 Å². The van der Waals surface area contributed by atoms with Gasteiger partial charge in [-0.3, -0.25) is 9.59 Å². The molecule has 0 bridgehead atoms. The number of carbonyl (C=O) groups is 2. The molecule has 0 aliphatic carbocycles. The van der Waals surface area contributed by atoms with E-state index >= 15 is 0 Å². The van der Waals surface area contributed by atoms with Gasteiger partial charge in [0.25, 0.3) is 5.91 Å². The highest BCUT2D eigenvalue weighted by Gasteiger charge is 2.32. The number of halogens is 1. The van der Waals surface area contributed by atoms with Crippen LogP contribution in [0.4, 0.5) is 0 Å². The van der Waals surface area contributed by atoms with Crippen molar-refractivity contribution in [1.29, 1.82) is 0 Å². The topological polar surface area (TPSA) is 103 Å². The van der Waals surface area contributed by atoms with Crippen LogP contribution in [0.25, 0.3) is 0 Å². The van der Waals surface area contributed by atoms with Crippen LogP contribution in [-0.2, 0) is 22.7 Å². The van der Waals surface area contributed by atoms with Gasteiger partial charge in [-0.1, -0.05) is 33.3 Å². The van der Waals surface area contributed by atoms with Gasteiger partial charge in [-0.25, -0.2) is 4.68 Å². The molecule has 27 heavy (non-hydrogen) atoms. The number of primary amides is 1. The molecule has 1 aromatic carbocycles. The first-order valence-corrected chi connectivity index (χ1v) is 9.70. The normalized spacial score (nSPS) is 20.3. The third-order valence-electron chi connectivity index (χ3n) is 5.23. The molecule has 8 nitrogen and oxygen atoms in total. The molecule has 2 aromatic rings. The van der Waals surface area contributed by atoms with Crippen LogP contribution in [0.1, 0.15) is 40.7 Å². The Morgan fingerprint density at radius 2 is 1.89 bits per heavy atom. The van der Waals surface area contributed by atoms with E-state index in [-0.39, 0.29) is 30.4 Å². The molecule has 0 radical (unpaired) electrons. The fraction of sp³-hybridized carbons (Fsp3) is 0.444. The van der Waals surface area contributed by atoms with Gasteiger partial charge in [-0.2, -0.15) is 0 Å². The van der Waals surface area contributed by atoms with E-state index < -0.39 is 0 Å². The maximum Gasteiger partial charge on any atom is 0.276 e. The number of aromatic nitrogens is 3. The summed E-state index contributed by atoms with van der Waals surface area (Å²) in [6.45, 7) is 1.80. The minimum absolute atomic E-state index is 0.124. The summed E-state index contributed by atoms with van der Waals surface area (Å²) in [5.41, 5.74) is 7.45. The zero-order chi connectivity index (χ0) is 19.0. The number of benzene rings is 1. The Labute approximate surface area is 164 Å². The number of hydrogen-bond donors (Lipinski definition) is 1. The third-order valence-corrected chi connectivity index (χ3v) is 5.76. The van der Waals surface area contributed by atoms with Crippen molar-refractivity contribution in [3.05, 3.63) is 45.7 Å². The third kappa shape index (κ3) is 3.61. The molecule has 4 rings (SSSR count). The molecule has 142 valence electrons. The number of rotatable bonds is 3. The monoisotopic (exact) mass is 433 g/mol. The average Bonchev–Trinajstić information content (AvgIpc) is 3.11. The molecule has 2 aliphatic heterocycles. The molecule has 1 aromatic heterocycles. The van der Waals surface area contributed by atoms with Crippen molar-refractivity contribution in [2.45, 2.75) is 32.1 Å². The predicted octanol–water partition coefficient (Wildman–Crippen LogP) is 1.65. The zero-order valence-electron chi connectivity index (χ0n) is 14.7. The number of likely N-dealkylation sites (tertiary alicyclic amines) is 1. The van der Waals surface area contributed by atoms with Crippen LogP contribution in [0.5, 0.6) is 0 Å². The number of piperidine rings is 1. The maximum atomic E-state index is 12.8. The van der Waals surface area contributed by atoms with Crippen LogP contribution in [-0.4, -0.2) is 44.8 Å². The lowest BCUT2D eigenvalue weighted by Gasteiger charge is -2.30. The molecule has 2 aliphatic rings. The molecule has 0 spiro atoms. The second kappa shape index (κ2) is 7.40. The van der Waals surface area contributed by atoms with Crippen LogP contribution in [0.2, 0.25) is 0 Å². The Morgan fingerprint density at radius 3 is 2.56 bits per heavy atom. The molecule has 3 heterocycles. The summed E-state index contributed by atoms with van der Waals surface area (Å²) in [7, 11) is 0. The van der Waals surface area contributed by atoms with Gasteiger partial charge in [-0.05, 0) is 30.5 Å². The van der Waals surface area contributed by atoms with Gasteiger partial charge in [-0.15, -0.1) is 5.10 Å². The first-order chi connectivity index (χ1) is 13.0. The van der Waals surface area contributed by atoms with Crippen molar-refractivity contribution in [1.82, 2.24) is 19.9 Å². The Balaban J connectivity index is 1.46. The van der Waals surface area contributed by atoms with Gasteiger partial charge in [0, 0.05) is 23.5 Å². The lowest BCUT2D eigenvalue weighted by molar-refractivity contribution is -0.123. The van der Waals surface area contributed by atoms with Crippen LogP contribution < -0.4 is 5.73 Å². The van der Waals surface area contributed by atoms with Crippen molar-refractivity contribution in [3.63, 3.8) is 0 Å². The second-order valence-corrected chi connectivity index (χ2v) is 7.80. The van der Waals surface area contributed by atoms with Gasteiger partial charge >= 0.3 is 0 Å². The largest absolute Gasteiger partial charge is 0.369 e. The molecular formula is C18H20BrN5O3. The summed E-state index contributed by atoms with van der Waals surface area (Å²) in [6, 6.07) is 7.96. The molecular weight excluding hydrogens is 414 g/mol. The first kappa shape index (κ1) is 18.1. The number of hydrogen-bond acceptors (Lipinski definition) is 5. The van der Waals surface area contributed by atoms with Crippen LogP contribution in [0.3, 0.4) is 0 Å². The van der Waals surface area contributed by atoms with Crippen LogP contribution in [0.15, 0.2) is 28.7 Å².